The molecule has 7 heteroatoms. The zero-order valence-corrected chi connectivity index (χ0v) is 11.8. The summed E-state index contributed by atoms with van der Waals surface area (Å²) in [4.78, 5) is 4.04. The molecule has 1 aromatic rings. The van der Waals surface area contributed by atoms with Crippen LogP contribution in [0, 0.1) is 6.92 Å². The lowest BCUT2D eigenvalue weighted by molar-refractivity contribution is -0.0100. The zero-order valence-electron chi connectivity index (χ0n) is 11.8. The molecular formula is C12H23N3O4. The standard InChI is InChI=1S/C12H23N3O4/c1-9(2)18-5-4-17-8-11(16)6-13-7-12-14-10(3)19-15-12/h9,11,13,16H,4-8H2,1-3H3. The normalized spacial score (nSPS) is 13.1. The molecule has 110 valence electrons. The van der Waals surface area contributed by atoms with Crippen molar-refractivity contribution in [3.8, 4) is 0 Å². The fourth-order valence-corrected chi connectivity index (χ4v) is 1.38. The van der Waals surface area contributed by atoms with E-state index < -0.39 is 6.10 Å². The van der Waals surface area contributed by atoms with Crippen LogP contribution in [0.15, 0.2) is 4.52 Å². The molecule has 0 radical (unpaired) electrons. The van der Waals surface area contributed by atoms with Gasteiger partial charge in [-0.25, -0.2) is 0 Å². The summed E-state index contributed by atoms with van der Waals surface area (Å²) in [6, 6.07) is 0. The van der Waals surface area contributed by atoms with Crippen molar-refractivity contribution in [2.45, 2.75) is 39.5 Å². The third kappa shape index (κ3) is 7.89. The maximum atomic E-state index is 9.65. The highest BCUT2D eigenvalue weighted by molar-refractivity contribution is 4.82. The molecule has 0 saturated heterocycles. The summed E-state index contributed by atoms with van der Waals surface area (Å²) < 4.78 is 15.4. The summed E-state index contributed by atoms with van der Waals surface area (Å²) in [5, 5.41) is 16.4. The Morgan fingerprint density at radius 3 is 2.79 bits per heavy atom. The fourth-order valence-electron chi connectivity index (χ4n) is 1.38. The number of hydrogen-bond donors (Lipinski definition) is 2. The van der Waals surface area contributed by atoms with Gasteiger partial charge in [-0.1, -0.05) is 5.16 Å². The highest BCUT2D eigenvalue weighted by atomic mass is 16.5. The molecule has 19 heavy (non-hydrogen) atoms. The van der Waals surface area contributed by atoms with Crippen molar-refractivity contribution in [1.29, 1.82) is 0 Å². The Hall–Kier alpha value is -1.02. The van der Waals surface area contributed by atoms with Gasteiger partial charge in [0.2, 0.25) is 5.89 Å². The first kappa shape index (κ1) is 16.0. The van der Waals surface area contributed by atoms with E-state index in [0.29, 0.717) is 38.0 Å². The van der Waals surface area contributed by atoms with E-state index in [9.17, 15) is 5.11 Å². The molecule has 0 aliphatic carbocycles. The maximum absolute atomic E-state index is 9.65. The van der Waals surface area contributed by atoms with Gasteiger partial charge in [-0.05, 0) is 13.8 Å². The van der Waals surface area contributed by atoms with Gasteiger partial charge in [0.05, 0.1) is 38.6 Å². The Balaban J connectivity index is 1.97. The second kappa shape index (κ2) is 8.98. The van der Waals surface area contributed by atoms with Crippen LogP contribution in [0.2, 0.25) is 0 Å². The van der Waals surface area contributed by atoms with Crippen molar-refractivity contribution in [3.05, 3.63) is 11.7 Å². The van der Waals surface area contributed by atoms with Gasteiger partial charge in [0.25, 0.3) is 0 Å². The maximum Gasteiger partial charge on any atom is 0.223 e. The highest BCUT2D eigenvalue weighted by Crippen LogP contribution is 1.94. The van der Waals surface area contributed by atoms with E-state index in [1.807, 2.05) is 13.8 Å². The van der Waals surface area contributed by atoms with Gasteiger partial charge in [-0.15, -0.1) is 0 Å². The molecule has 1 rings (SSSR count). The molecule has 0 saturated carbocycles. The predicted molar refractivity (Wildman–Crippen MR) is 68.7 cm³/mol. The van der Waals surface area contributed by atoms with Gasteiger partial charge in [-0.2, -0.15) is 4.98 Å². The van der Waals surface area contributed by atoms with Gasteiger partial charge in [0.1, 0.15) is 0 Å². The van der Waals surface area contributed by atoms with Crippen molar-refractivity contribution in [2.75, 3.05) is 26.4 Å². The van der Waals surface area contributed by atoms with Crippen molar-refractivity contribution in [2.24, 2.45) is 0 Å². The smallest absolute Gasteiger partial charge is 0.223 e. The molecule has 0 aliphatic rings. The average Bonchev–Trinajstić information content (AvgIpc) is 2.74. The fraction of sp³-hybridized carbons (Fsp3) is 0.833. The summed E-state index contributed by atoms with van der Waals surface area (Å²) in [5.41, 5.74) is 0. The second-order valence-electron chi connectivity index (χ2n) is 4.51. The van der Waals surface area contributed by atoms with Crippen molar-refractivity contribution >= 4 is 0 Å². The number of rotatable bonds is 10. The third-order valence-electron chi connectivity index (χ3n) is 2.22. The van der Waals surface area contributed by atoms with Crippen molar-refractivity contribution in [1.82, 2.24) is 15.5 Å². The topological polar surface area (TPSA) is 89.6 Å². The zero-order chi connectivity index (χ0) is 14.1. The lowest BCUT2D eigenvalue weighted by Crippen LogP contribution is -2.30. The molecule has 1 aromatic heterocycles. The molecule has 1 atom stereocenters. The van der Waals surface area contributed by atoms with E-state index in [0.717, 1.165) is 0 Å². The number of hydrogen-bond acceptors (Lipinski definition) is 7. The van der Waals surface area contributed by atoms with E-state index in [1.165, 1.54) is 0 Å². The Morgan fingerprint density at radius 2 is 2.16 bits per heavy atom. The molecule has 0 spiro atoms. The Morgan fingerprint density at radius 1 is 1.37 bits per heavy atom. The monoisotopic (exact) mass is 273 g/mol. The number of aromatic nitrogens is 2. The van der Waals surface area contributed by atoms with E-state index in [4.69, 9.17) is 14.0 Å². The SMILES string of the molecule is Cc1nc(CNCC(O)COCCOC(C)C)no1. The van der Waals surface area contributed by atoms with E-state index in [1.54, 1.807) is 6.92 Å². The Bertz CT molecular complexity index is 343. The molecule has 0 fully saturated rings. The van der Waals surface area contributed by atoms with Crippen LogP contribution in [0.5, 0.6) is 0 Å². The van der Waals surface area contributed by atoms with Crippen LogP contribution < -0.4 is 5.32 Å². The highest BCUT2D eigenvalue weighted by Gasteiger charge is 2.06. The van der Waals surface area contributed by atoms with Gasteiger partial charge in [-0.3, -0.25) is 0 Å². The minimum absolute atomic E-state index is 0.202. The number of aryl methyl sites for hydroxylation is 1. The minimum atomic E-state index is -0.563. The van der Waals surface area contributed by atoms with Crippen LogP contribution in [0.4, 0.5) is 0 Å². The largest absolute Gasteiger partial charge is 0.389 e. The molecule has 0 amide bonds. The summed E-state index contributed by atoms with van der Waals surface area (Å²) in [6.45, 7) is 7.86. The summed E-state index contributed by atoms with van der Waals surface area (Å²) in [6.07, 6.45) is -0.361. The summed E-state index contributed by atoms with van der Waals surface area (Å²) >= 11 is 0. The molecular weight excluding hydrogens is 250 g/mol. The quantitative estimate of drug-likeness (QED) is 0.591. The Kier molecular flexibility index (Phi) is 7.57. The second-order valence-corrected chi connectivity index (χ2v) is 4.51. The molecule has 1 unspecified atom stereocenters. The van der Waals surface area contributed by atoms with E-state index in [-0.39, 0.29) is 12.7 Å². The van der Waals surface area contributed by atoms with Crippen molar-refractivity contribution < 1.29 is 19.1 Å². The number of ether oxygens (including phenoxy) is 2. The van der Waals surface area contributed by atoms with Gasteiger partial charge in [0.15, 0.2) is 5.82 Å². The molecule has 0 aromatic carbocycles. The average molecular weight is 273 g/mol. The molecule has 7 nitrogen and oxygen atoms in total. The molecule has 0 aliphatic heterocycles. The first-order valence-electron chi connectivity index (χ1n) is 6.45. The van der Waals surface area contributed by atoms with Crippen molar-refractivity contribution in [3.63, 3.8) is 0 Å². The number of nitrogens with one attached hydrogen (secondary N) is 1. The Labute approximate surface area is 113 Å². The van der Waals surface area contributed by atoms with Gasteiger partial charge >= 0.3 is 0 Å². The van der Waals surface area contributed by atoms with Crippen LogP contribution in [0.3, 0.4) is 0 Å². The first-order chi connectivity index (χ1) is 9.08. The lowest BCUT2D eigenvalue weighted by Gasteiger charge is -2.12. The molecule has 2 N–H and O–H groups in total. The van der Waals surface area contributed by atoms with Crippen LogP contribution in [0.25, 0.3) is 0 Å². The first-order valence-corrected chi connectivity index (χ1v) is 6.45. The summed E-state index contributed by atoms with van der Waals surface area (Å²) in [7, 11) is 0. The summed E-state index contributed by atoms with van der Waals surface area (Å²) in [5.74, 6) is 1.11. The van der Waals surface area contributed by atoms with Crippen LogP contribution in [0.1, 0.15) is 25.6 Å². The van der Waals surface area contributed by atoms with Crippen LogP contribution >= 0.6 is 0 Å². The third-order valence-corrected chi connectivity index (χ3v) is 2.22. The van der Waals surface area contributed by atoms with Gasteiger partial charge < -0.3 is 24.4 Å². The predicted octanol–water partition coefficient (Wildman–Crippen LogP) is 0.270. The van der Waals surface area contributed by atoms with Crippen LogP contribution in [-0.2, 0) is 16.0 Å². The van der Waals surface area contributed by atoms with Crippen LogP contribution in [-0.4, -0.2) is 53.8 Å². The minimum Gasteiger partial charge on any atom is -0.389 e. The van der Waals surface area contributed by atoms with E-state index in [2.05, 4.69) is 15.5 Å². The number of nitrogens with zero attached hydrogens (tertiary/aromatic N) is 2. The van der Waals surface area contributed by atoms with Gasteiger partial charge in [0, 0.05) is 13.5 Å². The number of aliphatic hydroxyl groups excluding tert-OH is 1. The molecule has 1 heterocycles. The lowest BCUT2D eigenvalue weighted by atomic mass is 10.4. The molecule has 0 bridgehead atoms. The number of aliphatic hydroxyl groups is 1. The van der Waals surface area contributed by atoms with E-state index >= 15 is 0 Å².